The molecular formula is C31H25N3O2. The first-order valence-electron chi connectivity index (χ1n) is 12.0. The fourth-order valence-corrected chi connectivity index (χ4v) is 5.21. The minimum Gasteiger partial charge on any atom is -0.350 e. The Morgan fingerprint density at radius 3 is 1.97 bits per heavy atom. The monoisotopic (exact) mass is 471 g/mol. The van der Waals surface area contributed by atoms with E-state index >= 15 is 0 Å². The van der Waals surface area contributed by atoms with Crippen LogP contribution in [0, 0.1) is 0 Å². The van der Waals surface area contributed by atoms with Crippen LogP contribution in [0.4, 0.5) is 0 Å². The maximum atomic E-state index is 14.1. The van der Waals surface area contributed by atoms with Crippen molar-refractivity contribution in [3.8, 4) is 0 Å². The number of fused-ring (bicyclic) bond motifs is 2. The number of amides is 1. The van der Waals surface area contributed by atoms with E-state index in [-0.39, 0.29) is 11.3 Å². The molecule has 1 aromatic heterocycles. The summed E-state index contributed by atoms with van der Waals surface area (Å²) in [5.41, 5.74) is 3.00. The topological polar surface area (TPSA) is 65.2 Å². The largest absolute Gasteiger partial charge is 0.350 e. The van der Waals surface area contributed by atoms with Crippen molar-refractivity contribution < 1.29 is 4.79 Å². The average Bonchev–Trinajstić information content (AvgIpc) is 3.17. The highest BCUT2D eigenvalue weighted by Gasteiger charge is 2.53. The zero-order valence-electron chi connectivity index (χ0n) is 19.6. The van der Waals surface area contributed by atoms with E-state index in [1.54, 1.807) is 4.90 Å². The molecular weight excluding hydrogens is 446 g/mol. The molecule has 0 saturated heterocycles. The molecule has 36 heavy (non-hydrogen) atoms. The van der Waals surface area contributed by atoms with Gasteiger partial charge in [0, 0.05) is 24.0 Å². The Balaban J connectivity index is 1.63. The van der Waals surface area contributed by atoms with E-state index in [9.17, 15) is 9.59 Å². The minimum absolute atomic E-state index is 0.146. The number of H-pyrrole nitrogens is 1. The number of pyridine rings is 1. The Hall–Kier alpha value is -4.48. The van der Waals surface area contributed by atoms with Crippen molar-refractivity contribution in [2.24, 2.45) is 0 Å². The zero-order chi connectivity index (χ0) is 24.5. The van der Waals surface area contributed by atoms with Gasteiger partial charge in [0.15, 0.2) is 11.1 Å². The fraction of sp³-hybridized carbons (Fsp3) is 0.0968. The van der Waals surface area contributed by atoms with E-state index in [4.69, 9.17) is 0 Å². The summed E-state index contributed by atoms with van der Waals surface area (Å²) in [6.07, 6.45) is 0. The second-order valence-corrected chi connectivity index (χ2v) is 9.04. The van der Waals surface area contributed by atoms with Crippen LogP contribution in [0.1, 0.15) is 32.7 Å². The van der Waals surface area contributed by atoms with Crippen molar-refractivity contribution in [1.29, 1.82) is 0 Å². The standard InChI is InChI=1S/C31H25N3O2/c35-29-25-18-10-11-19-26(25)33-28-27(29)31(24-16-8-3-9-17-24,32-20-22-12-4-1-5-13-22)34(30(28)36)21-23-14-6-2-7-15-23/h1-19,32H,20-21H2,(H,33,35). The van der Waals surface area contributed by atoms with Gasteiger partial charge in [0.1, 0.15) is 5.69 Å². The Morgan fingerprint density at radius 2 is 1.28 bits per heavy atom. The molecule has 1 atom stereocenters. The predicted molar refractivity (Wildman–Crippen MR) is 141 cm³/mol. The number of benzene rings is 4. The van der Waals surface area contributed by atoms with Crippen molar-refractivity contribution >= 4 is 16.8 Å². The molecule has 5 nitrogen and oxygen atoms in total. The summed E-state index contributed by atoms with van der Waals surface area (Å²) in [6, 6.07) is 37.1. The SMILES string of the molecule is O=C1c2[nH]c3ccccc3c(=O)c2C(NCc2ccccc2)(c2ccccc2)N1Cc1ccccc1. The summed E-state index contributed by atoms with van der Waals surface area (Å²) < 4.78 is 0. The lowest BCUT2D eigenvalue weighted by Gasteiger charge is -2.40. The Bertz CT molecular complexity index is 1600. The van der Waals surface area contributed by atoms with Gasteiger partial charge >= 0.3 is 0 Å². The second kappa shape index (κ2) is 8.95. The number of para-hydroxylation sites is 1. The Labute approximate surface area is 209 Å². The highest BCUT2D eigenvalue weighted by molar-refractivity contribution is 6.01. The number of aromatic nitrogens is 1. The molecule has 1 aliphatic rings. The molecule has 1 aliphatic heterocycles. The fourth-order valence-electron chi connectivity index (χ4n) is 5.21. The summed E-state index contributed by atoms with van der Waals surface area (Å²) in [5.74, 6) is -0.207. The number of nitrogens with zero attached hydrogens (tertiary/aromatic N) is 1. The first-order valence-corrected chi connectivity index (χ1v) is 12.0. The molecule has 4 aromatic carbocycles. The number of nitrogens with one attached hydrogen (secondary N) is 2. The van der Waals surface area contributed by atoms with Crippen LogP contribution < -0.4 is 10.7 Å². The molecule has 1 unspecified atom stereocenters. The molecule has 0 spiro atoms. The van der Waals surface area contributed by atoms with Crippen molar-refractivity contribution in [3.63, 3.8) is 0 Å². The summed E-state index contributed by atoms with van der Waals surface area (Å²) in [5, 5.41) is 4.24. The van der Waals surface area contributed by atoms with Gasteiger partial charge < -0.3 is 9.88 Å². The smallest absolute Gasteiger partial charge is 0.273 e. The third-order valence-electron chi connectivity index (χ3n) is 6.90. The van der Waals surface area contributed by atoms with Crippen molar-refractivity contribution in [2.45, 2.75) is 18.8 Å². The average molecular weight is 472 g/mol. The van der Waals surface area contributed by atoms with Gasteiger partial charge in [-0.05, 0) is 28.8 Å². The van der Waals surface area contributed by atoms with Crippen LogP contribution in [0.15, 0.2) is 120 Å². The summed E-state index contributed by atoms with van der Waals surface area (Å²) in [7, 11) is 0. The van der Waals surface area contributed by atoms with Gasteiger partial charge in [-0.2, -0.15) is 0 Å². The third-order valence-corrected chi connectivity index (χ3v) is 6.90. The molecule has 5 aromatic rings. The second-order valence-electron chi connectivity index (χ2n) is 9.04. The molecule has 0 bridgehead atoms. The predicted octanol–water partition coefficient (Wildman–Crippen LogP) is 5.18. The molecule has 0 fully saturated rings. The highest BCUT2D eigenvalue weighted by Crippen LogP contribution is 2.42. The van der Waals surface area contributed by atoms with Crippen molar-refractivity contribution in [2.75, 3.05) is 0 Å². The highest BCUT2D eigenvalue weighted by atomic mass is 16.2. The van der Waals surface area contributed by atoms with Crippen molar-refractivity contribution in [3.05, 3.63) is 153 Å². The quantitative estimate of drug-likeness (QED) is 0.359. The van der Waals surface area contributed by atoms with Crippen LogP contribution in [0.3, 0.4) is 0 Å². The van der Waals surface area contributed by atoms with Crippen LogP contribution in [-0.2, 0) is 18.8 Å². The normalized spacial score (nSPS) is 16.9. The Morgan fingerprint density at radius 1 is 0.694 bits per heavy atom. The van der Waals surface area contributed by atoms with Crippen LogP contribution in [-0.4, -0.2) is 15.8 Å². The van der Waals surface area contributed by atoms with E-state index in [0.29, 0.717) is 35.2 Å². The van der Waals surface area contributed by atoms with E-state index in [0.717, 1.165) is 16.7 Å². The van der Waals surface area contributed by atoms with Crippen LogP contribution >= 0.6 is 0 Å². The maximum absolute atomic E-state index is 14.1. The number of hydrogen-bond donors (Lipinski definition) is 2. The third kappa shape index (κ3) is 3.53. The summed E-state index contributed by atoms with van der Waals surface area (Å²) >= 11 is 0. The van der Waals surface area contributed by atoms with Gasteiger partial charge in [-0.1, -0.05) is 103 Å². The van der Waals surface area contributed by atoms with Crippen LogP contribution in [0.25, 0.3) is 10.9 Å². The molecule has 5 heteroatoms. The number of hydrogen-bond acceptors (Lipinski definition) is 3. The molecule has 6 rings (SSSR count). The Kier molecular flexibility index (Phi) is 5.47. The van der Waals surface area contributed by atoms with Crippen LogP contribution in [0.2, 0.25) is 0 Å². The van der Waals surface area contributed by atoms with Gasteiger partial charge in [0.05, 0.1) is 5.56 Å². The van der Waals surface area contributed by atoms with E-state index in [2.05, 4.69) is 10.3 Å². The van der Waals surface area contributed by atoms with E-state index < -0.39 is 5.66 Å². The number of carbonyl (C=O) groups is 1. The van der Waals surface area contributed by atoms with E-state index in [1.165, 1.54) is 0 Å². The molecule has 0 aliphatic carbocycles. The molecule has 176 valence electrons. The summed E-state index contributed by atoms with van der Waals surface area (Å²) in [6.45, 7) is 0.814. The van der Waals surface area contributed by atoms with Gasteiger partial charge in [0.2, 0.25) is 0 Å². The molecule has 0 radical (unpaired) electrons. The minimum atomic E-state index is -1.16. The molecule has 1 amide bonds. The lowest BCUT2D eigenvalue weighted by molar-refractivity contribution is 0.0516. The van der Waals surface area contributed by atoms with Gasteiger partial charge in [-0.25, -0.2) is 0 Å². The lowest BCUT2D eigenvalue weighted by Crippen LogP contribution is -2.55. The van der Waals surface area contributed by atoms with E-state index in [1.807, 2.05) is 115 Å². The van der Waals surface area contributed by atoms with Crippen molar-refractivity contribution in [1.82, 2.24) is 15.2 Å². The van der Waals surface area contributed by atoms with Gasteiger partial charge in [0.25, 0.3) is 5.91 Å². The summed E-state index contributed by atoms with van der Waals surface area (Å²) in [4.78, 5) is 33.3. The molecule has 0 saturated carbocycles. The van der Waals surface area contributed by atoms with Crippen LogP contribution in [0.5, 0.6) is 0 Å². The van der Waals surface area contributed by atoms with Gasteiger partial charge in [-0.15, -0.1) is 0 Å². The van der Waals surface area contributed by atoms with Gasteiger partial charge in [-0.3, -0.25) is 14.9 Å². The zero-order valence-corrected chi connectivity index (χ0v) is 19.6. The number of aromatic amines is 1. The first kappa shape index (κ1) is 22.0. The molecule has 2 heterocycles. The molecule has 2 N–H and O–H groups in total. The lowest BCUT2D eigenvalue weighted by atomic mass is 9.89. The number of carbonyl (C=O) groups excluding carboxylic acids is 1. The number of rotatable bonds is 6. The maximum Gasteiger partial charge on any atom is 0.273 e. The first-order chi connectivity index (χ1) is 17.7.